The molecule has 0 aromatic heterocycles. The molecule has 0 saturated carbocycles. The van der Waals surface area contributed by atoms with Gasteiger partial charge in [0.2, 0.25) is 0 Å². The molecule has 0 amide bonds. The standard InChI is InChI=1S/C9H19NO/c1-9(2,3)4-5-11-8-6-10-7-8/h8,10H,4-7H2,1-3H3. The van der Waals surface area contributed by atoms with E-state index in [9.17, 15) is 0 Å². The molecule has 0 aromatic rings. The van der Waals surface area contributed by atoms with Gasteiger partial charge in [-0.25, -0.2) is 0 Å². The van der Waals surface area contributed by atoms with Gasteiger partial charge in [-0.3, -0.25) is 0 Å². The minimum absolute atomic E-state index is 0.414. The molecule has 0 atom stereocenters. The van der Waals surface area contributed by atoms with Crippen molar-refractivity contribution in [2.24, 2.45) is 5.41 Å². The van der Waals surface area contributed by atoms with Gasteiger partial charge >= 0.3 is 0 Å². The van der Waals surface area contributed by atoms with Gasteiger partial charge in [0.1, 0.15) is 0 Å². The summed E-state index contributed by atoms with van der Waals surface area (Å²) in [5, 5.41) is 3.18. The number of rotatable bonds is 3. The predicted octanol–water partition coefficient (Wildman–Crippen LogP) is 1.41. The Balaban J connectivity index is 1.95. The maximum absolute atomic E-state index is 5.59. The summed E-state index contributed by atoms with van der Waals surface area (Å²) in [6.45, 7) is 9.74. The largest absolute Gasteiger partial charge is 0.376 e. The zero-order chi connectivity index (χ0) is 8.32. The Labute approximate surface area is 69.3 Å². The van der Waals surface area contributed by atoms with Crippen LogP contribution in [0.5, 0.6) is 0 Å². The van der Waals surface area contributed by atoms with Crippen LogP contribution in [0, 0.1) is 5.41 Å². The maximum atomic E-state index is 5.59. The van der Waals surface area contributed by atoms with Crippen molar-refractivity contribution < 1.29 is 4.74 Å². The molecule has 1 N–H and O–H groups in total. The molecular weight excluding hydrogens is 138 g/mol. The summed E-state index contributed by atoms with van der Waals surface area (Å²) in [4.78, 5) is 0. The molecule has 0 aliphatic carbocycles. The number of hydrogen-bond acceptors (Lipinski definition) is 2. The van der Waals surface area contributed by atoms with Crippen LogP contribution in [0.1, 0.15) is 27.2 Å². The lowest BCUT2D eigenvalue weighted by Gasteiger charge is -2.28. The van der Waals surface area contributed by atoms with Crippen molar-refractivity contribution >= 4 is 0 Å². The van der Waals surface area contributed by atoms with Crippen LogP contribution in [0.15, 0.2) is 0 Å². The van der Waals surface area contributed by atoms with E-state index < -0.39 is 0 Å². The zero-order valence-corrected chi connectivity index (χ0v) is 7.81. The number of nitrogens with one attached hydrogen (secondary N) is 1. The van der Waals surface area contributed by atoms with Crippen molar-refractivity contribution in [1.82, 2.24) is 5.32 Å². The molecule has 66 valence electrons. The average Bonchev–Trinajstić information content (AvgIpc) is 1.73. The van der Waals surface area contributed by atoms with E-state index in [1.807, 2.05) is 0 Å². The topological polar surface area (TPSA) is 21.3 Å². The van der Waals surface area contributed by atoms with Crippen LogP contribution in [0.2, 0.25) is 0 Å². The number of ether oxygens (including phenoxy) is 1. The molecule has 0 unspecified atom stereocenters. The van der Waals surface area contributed by atoms with Gasteiger partial charge in [0, 0.05) is 19.7 Å². The van der Waals surface area contributed by atoms with E-state index in [4.69, 9.17) is 4.74 Å². The van der Waals surface area contributed by atoms with E-state index >= 15 is 0 Å². The second-order valence-electron chi connectivity index (χ2n) is 4.46. The van der Waals surface area contributed by atoms with Crippen LogP contribution in [-0.4, -0.2) is 25.8 Å². The second kappa shape index (κ2) is 3.55. The lowest BCUT2D eigenvalue weighted by atomic mass is 9.93. The van der Waals surface area contributed by atoms with E-state index in [1.54, 1.807) is 0 Å². The summed E-state index contributed by atoms with van der Waals surface area (Å²) in [6, 6.07) is 0. The fourth-order valence-electron chi connectivity index (χ4n) is 0.912. The Kier molecular flexibility index (Phi) is 2.90. The highest BCUT2D eigenvalue weighted by molar-refractivity contribution is 4.75. The van der Waals surface area contributed by atoms with E-state index in [2.05, 4.69) is 26.1 Å². The van der Waals surface area contributed by atoms with Crippen LogP contribution < -0.4 is 5.32 Å². The van der Waals surface area contributed by atoms with Gasteiger partial charge in [-0.1, -0.05) is 20.8 Å². The predicted molar refractivity (Wildman–Crippen MR) is 46.7 cm³/mol. The van der Waals surface area contributed by atoms with Gasteiger partial charge in [-0.15, -0.1) is 0 Å². The lowest BCUT2D eigenvalue weighted by molar-refractivity contribution is 0.00721. The molecule has 0 radical (unpaired) electrons. The van der Waals surface area contributed by atoms with Gasteiger partial charge in [-0.05, 0) is 11.8 Å². The van der Waals surface area contributed by atoms with Gasteiger partial charge in [0.15, 0.2) is 0 Å². The highest BCUT2D eigenvalue weighted by atomic mass is 16.5. The average molecular weight is 157 g/mol. The molecule has 0 bridgehead atoms. The summed E-state index contributed by atoms with van der Waals surface area (Å²) in [5.74, 6) is 0. The maximum Gasteiger partial charge on any atom is 0.0823 e. The Morgan fingerprint density at radius 1 is 1.36 bits per heavy atom. The monoisotopic (exact) mass is 157 g/mol. The molecule has 0 aromatic carbocycles. The Hall–Kier alpha value is -0.0800. The lowest BCUT2D eigenvalue weighted by Crippen LogP contribution is -2.48. The van der Waals surface area contributed by atoms with Crippen molar-refractivity contribution in [3.63, 3.8) is 0 Å². The van der Waals surface area contributed by atoms with Gasteiger partial charge in [0.05, 0.1) is 6.10 Å². The molecule has 1 heterocycles. The van der Waals surface area contributed by atoms with Crippen molar-refractivity contribution in [3.8, 4) is 0 Å². The van der Waals surface area contributed by atoms with E-state index in [1.165, 1.54) is 0 Å². The highest BCUT2D eigenvalue weighted by Crippen LogP contribution is 2.18. The minimum Gasteiger partial charge on any atom is -0.376 e. The van der Waals surface area contributed by atoms with Gasteiger partial charge in [0.25, 0.3) is 0 Å². The molecule has 1 aliphatic heterocycles. The Morgan fingerprint density at radius 2 is 2.00 bits per heavy atom. The van der Waals surface area contributed by atoms with Crippen molar-refractivity contribution in [2.75, 3.05) is 19.7 Å². The smallest absolute Gasteiger partial charge is 0.0823 e. The quantitative estimate of drug-likeness (QED) is 0.669. The van der Waals surface area contributed by atoms with Crippen LogP contribution in [0.4, 0.5) is 0 Å². The fraction of sp³-hybridized carbons (Fsp3) is 1.00. The fourth-order valence-corrected chi connectivity index (χ4v) is 0.912. The molecular formula is C9H19NO. The van der Waals surface area contributed by atoms with Crippen LogP contribution in [-0.2, 0) is 4.74 Å². The van der Waals surface area contributed by atoms with E-state index in [0.717, 1.165) is 26.1 Å². The molecule has 2 nitrogen and oxygen atoms in total. The molecule has 11 heavy (non-hydrogen) atoms. The first kappa shape index (κ1) is 9.01. The number of hydrogen-bond donors (Lipinski definition) is 1. The third kappa shape index (κ3) is 3.73. The van der Waals surface area contributed by atoms with Gasteiger partial charge in [-0.2, -0.15) is 0 Å². The summed E-state index contributed by atoms with van der Waals surface area (Å²) in [7, 11) is 0. The molecule has 1 fully saturated rings. The first-order valence-electron chi connectivity index (χ1n) is 4.40. The van der Waals surface area contributed by atoms with Gasteiger partial charge < -0.3 is 10.1 Å². The summed E-state index contributed by atoms with van der Waals surface area (Å²) in [5.41, 5.74) is 0.414. The van der Waals surface area contributed by atoms with Crippen LogP contribution in [0.3, 0.4) is 0 Å². The summed E-state index contributed by atoms with van der Waals surface area (Å²) in [6.07, 6.45) is 1.65. The molecule has 2 heteroatoms. The van der Waals surface area contributed by atoms with E-state index in [0.29, 0.717) is 11.5 Å². The first-order valence-corrected chi connectivity index (χ1v) is 4.40. The Bertz CT molecular complexity index is 113. The molecule has 1 saturated heterocycles. The Morgan fingerprint density at radius 3 is 2.36 bits per heavy atom. The third-order valence-electron chi connectivity index (χ3n) is 1.95. The van der Waals surface area contributed by atoms with Crippen LogP contribution >= 0.6 is 0 Å². The SMILES string of the molecule is CC(C)(C)CCOC1CNC1. The third-order valence-corrected chi connectivity index (χ3v) is 1.95. The van der Waals surface area contributed by atoms with Crippen molar-refractivity contribution in [1.29, 1.82) is 0 Å². The molecule has 0 spiro atoms. The van der Waals surface area contributed by atoms with E-state index in [-0.39, 0.29) is 0 Å². The minimum atomic E-state index is 0.414. The highest BCUT2D eigenvalue weighted by Gasteiger charge is 2.18. The van der Waals surface area contributed by atoms with Crippen LogP contribution in [0.25, 0.3) is 0 Å². The summed E-state index contributed by atoms with van der Waals surface area (Å²) >= 11 is 0. The second-order valence-corrected chi connectivity index (χ2v) is 4.46. The van der Waals surface area contributed by atoms with Crippen molar-refractivity contribution in [3.05, 3.63) is 0 Å². The molecule has 1 rings (SSSR count). The molecule has 1 aliphatic rings. The summed E-state index contributed by atoms with van der Waals surface area (Å²) < 4.78 is 5.59. The van der Waals surface area contributed by atoms with Crippen molar-refractivity contribution in [2.45, 2.75) is 33.3 Å². The normalized spacial score (nSPS) is 19.9. The zero-order valence-electron chi connectivity index (χ0n) is 7.81. The first-order chi connectivity index (χ1) is 5.08.